The third kappa shape index (κ3) is 3.34. The molecule has 1 aromatic carbocycles. The Hall–Kier alpha value is -1.33. The first-order chi connectivity index (χ1) is 8.66. The number of nitrogens with one attached hydrogen (secondary N) is 2. The summed E-state index contributed by atoms with van der Waals surface area (Å²) < 4.78 is 1.99. The highest BCUT2D eigenvalue weighted by Gasteiger charge is 2.05. The lowest BCUT2D eigenvalue weighted by Gasteiger charge is -2.06. The highest BCUT2D eigenvalue weighted by molar-refractivity contribution is 9.11. The fourth-order valence-electron chi connectivity index (χ4n) is 1.58. The lowest BCUT2D eigenvalue weighted by Crippen LogP contribution is -2.35. The molecule has 0 saturated heterocycles. The van der Waals surface area contributed by atoms with Gasteiger partial charge >= 0.3 is 6.03 Å². The van der Waals surface area contributed by atoms with Crippen molar-refractivity contribution >= 4 is 43.4 Å². The number of fused-ring (bicyclic) bond motifs is 1. The standard InChI is InChI=1S/C13H13BrN2OS/c1-9(14)6-15-13(17)16-7-10-8-18-12-5-3-2-4-11(10)12/h2-5,8H,1,6-7H2,(H2,15,16,17). The number of benzene rings is 1. The monoisotopic (exact) mass is 324 g/mol. The molecule has 0 spiro atoms. The minimum absolute atomic E-state index is 0.189. The number of halogens is 1. The van der Waals surface area contributed by atoms with Gasteiger partial charge in [0.2, 0.25) is 0 Å². The first-order valence-corrected chi connectivity index (χ1v) is 7.14. The summed E-state index contributed by atoms with van der Waals surface area (Å²) >= 11 is 4.88. The van der Waals surface area contributed by atoms with Crippen LogP contribution >= 0.6 is 27.3 Å². The maximum absolute atomic E-state index is 11.5. The fourth-order valence-corrected chi connectivity index (χ4v) is 2.69. The van der Waals surface area contributed by atoms with Gasteiger partial charge in [-0.1, -0.05) is 40.7 Å². The molecule has 94 valence electrons. The van der Waals surface area contributed by atoms with Crippen LogP contribution in [0.15, 0.2) is 40.7 Å². The summed E-state index contributed by atoms with van der Waals surface area (Å²) in [6.45, 7) is 4.61. The summed E-state index contributed by atoms with van der Waals surface area (Å²) in [6.07, 6.45) is 0. The Balaban J connectivity index is 1.94. The summed E-state index contributed by atoms with van der Waals surface area (Å²) in [5.41, 5.74) is 1.14. The van der Waals surface area contributed by atoms with Crippen LogP contribution in [0.3, 0.4) is 0 Å². The van der Waals surface area contributed by atoms with Gasteiger partial charge < -0.3 is 10.6 Å². The largest absolute Gasteiger partial charge is 0.334 e. The molecule has 3 nitrogen and oxygen atoms in total. The second kappa shape index (κ2) is 6.02. The quantitative estimate of drug-likeness (QED) is 0.886. The van der Waals surface area contributed by atoms with Crippen molar-refractivity contribution in [1.82, 2.24) is 10.6 Å². The van der Waals surface area contributed by atoms with E-state index in [9.17, 15) is 4.79 Å². The van der Waals surface area contributed by atoms with Crippen molar-refractivity contribution in [2.24, 2.45) is 0 Å². The van der Waals surface area contributed by atoms with Crippen molar-refractivity contribution in [2.75, 3.05) is 6.54 Å². The lowest BCUT2D eigenvalue weighted by atomic mass is 10.2. The molecule has 18 heavy (non-hydrogen) atoms. The zero-order valence-corrected chi connectivity index (χ0v) is 12.1. The second-order valence-electron chi connectivity index (χ2n) is 3.81. The zero-order valence-electron chi connectivity index (χ0n) is 9.70. The summed E-state index contributed by atoms with van der Waals surface area (Å²) in [5, 5.41) is 8.81. The van der Waals surface area contributed by atoms with Crippen LogP contribution in [-0.2, 0) is 6.54 Å². The number of carbonyl (C=O) groups excluding carboxylic acids is 1. The predicted octanol–water partition coefficient (Wildman–Crippen LogP) is 3.61. The Morgan fingerprint density at radius 2 is 2.11 bits per heavy atom. The van der Waals surface area contributed by atoms with E-state index in [1.54, 1.807) is 11.3 Å². The van der Waals surface area contributed by atoms with E-state index in [2.05, 4.69) is 50.7 Å². The molecule has 1 aromatic heterocycles. The molecule has 0 bridgehead atoms. The van der Waals surface area contributed by atoms with Crippen molar-refractivity contribution < 1.29 is 4.79 Å². The van der Waals surface area contributed by atoms with Gasteiger partial charge in [0, 0.05) is 15.7 Å². The van der Waals surface area contributed by atoms with Crippen molar-refractivity contribution in [3.63, 3.8) is 0 Å². The van der Waals surface area contributed by atoms with Crippen LogP contribution in [0.4, 0.5) is 4.79 Å². The van der Waals surface area contributed by atoms with Gasteiger partial charge in [0.25, 0.3) is 0 Å². The van der Waals surface area contributed by atoms with E-state index < -0.39 is 0 Å². The topological polar surface area (TPSA) is 41.1 Å². The molecule has 2 rings (SSSR count). The molecule has 0 atom stereocenters. The van der Waals surface area contributed by atoms with Crippen molar-refractivity contribution in [1.29, 1.82) is 0 Å². The van der Waals surface area contributed by atoms with Crippen LogP contribution in [0, 0.1) is 0 Å². The van der Waals surface area contributed by atoms with Gasteiger partial charge in [-0.05, 0) is 22.4 Å². The Kier molecular flexibility index (Phi) is 4.38. The van der Waals surface area contributed by atoms with Crippen LogP contribution in [0.2, 0.25) is 0 Å². The molecule has 5 heteroatoms. The number of rotatable bonds is 4. The Bertz CT molecular complexity index is 579. The van der Waals surface area contributed by atoms with Gasteiger partial charge in [-0.15, -0.1) is 11.3 Å². The van der Waals surface area contributed by atoms with Crippen LogP contribution in [0.5, 0.6) is 0 Å². The van der Waals surface area contributed by atoms with E-state index >= 15 is 0 Å². The van der Waals surface area contributed by atoms with Gasteiger partial charge in [0.05, 0.1) is 6.54 Å². The van der Waals surface area contributed by atoms with Gasteiger partial charge in [-0.25, -0.2) is 4.79 Å². The zero-order chi connectivity index (χ0) is 13.0. The number of amides is 2. The molecule has 0 aliphatic carbocycles. The number of urea groups is 1. The predicted molar refractivity (Wildman–Crippen MR) is 80.1 cm³/mol. The van der Waals surface area contributed by atoms with Gasteiger partial charge in [0.1, 0.15) is 0 Å². The molecule has 0 fully saturated rings. The maximum Gasteiger partial charge on any atom is 0.315 e. The van der Waals surface area contributed by atoms with Crippen LogP contribution in [0.25, 0.3) is 10.1 Å². The van der Waals surface area contributed by atoms with E-state index in [0.717, 1.165) is 10.0 Å². The third-order valence-corrected chi connectivity index (χ3v) is 3.73. The van der Waals surface area contributed by atoms with Crippen molar-refractivity contribution in [3.05, 3.63) is 46.3 Å². The normalized spacial score (nSPS) is 10.3. The number of hydrogen-bond acceptors (Lipinski definition) is 2. The second-order valence-corrected chi connectivity index (χ2v) is 5.84. The Morgan fingerprint density at radius 3 is 2.89 bits per heavy atom. The number of hydrogen-bond donors (Lipinski definition) is 2. The van der Waals surface area contributed by atoms with Gasteiger partial charge in [0.15, 0.2) is 0 Å². The Morgan fingerprint density at radius 1 is 1.33 bits per heavy atom. The van der Waals surface area contributed by atoms with Gasteiger partial charge in [-0.2, -0.15) is 0 Å². The molecule has 0 saturated carbocycles. The highest BCUT2D eigenvalue weighted by atomic mass is 79.9. The first kappa shape index (κ1) is 13.1. The summed E-state index contributed by atoms with van der Waals surface area (Å²) in [6, 6.07) is 7.99. The Labute approximate surface area is 118 Å². The average molecular weight is 325 g/mol. The third-order valence-electron chi connectivity index (χ3n) is 2.44. The van der Waals surface area contributed by atoms with Gasteiger partial charge in [-0.3, -0.25) is 0 Å². The smallest absolute Gasteiger partial charge is 0.315 e. The molecule has 2 amide bonds. The minimum atomic E-state index is -0.189. The molecule has 1 heterocycles. The molecule has 2 aromatic rings. The van der Waals surface area contributed by atoms with E-state index in [0.29, 0.717) is 13.1 Å². The maximum atomic E-state index is 11.5. The SMILES string of the molecule is C=C(Br)CNC(=O)NCc1csc2ccccc12. The van der Waals surface area contributed by atoms with E-state index in [-0.39, 0.29) is 6.03 Å². The fraction of sp³-hybridized carbons (Fsp3) is 0.154. The average Bonchev–Trinajstić information content (AvgIpc) is 2.77. The van der Waals surface area contributed by atoms with E-state index in [4.69, 9.17) is 0 Å². The minimum Gasteiger partial charge on any atom is -0.334 e. The lowest BCUT2D eigenvalue weighted by molar-refractivity contribution is 0.241. The van der Waals surface area contributed by atoms with E-state index in [1.165, 1.54) is 10.1 Å². The molecule has 0 radical (unpaired) electrons. The first-order valence-electron chi connectivity index (χ1n) is 5.47. The highest BCUT2D eigenvalue weighted by Crippen LogP contribution is 2.25. The molecule has 0 unspecified atom stereocenters. The summed E-state index contributed by atoms with van der Waals surface area (Å²) in [5.74, 6) is 0. The van der Waals surface area contributed by atoms with Crippen LogP contribution in [-0.4, -0.2) is 12.6 Å². The molecule has 0 aliphatic heterocycles. The summed E-state index contributed by atoms with van der Waals surface area (Å²) in [4.78, 5) is 11.5. The number of carbonyl (C=O) groups is 1. The van der Waals surface area contributed by atoms with Crippen LogP contribution in [0.1, 0.15) is 5.56 Å². The molecular formula is C13H13BrN2OS. The van der Waals surface area contributed by atoms with E-state index in [1.807, 2.05) is 12.1 Å². The molecule has 0 aliphatic rings. The number of thiophene rings is 1. The summed E-state index contributed by atoms with van der Waals surface area (Å²) in [7, 11) is 0. The van der Waals surface area contributed by atoms with Crippen LogP contribution < -0.4 is 10.6 Å². The van der Waals surface area contributed by atoms with Crippen molar-refractivity contribution in [3.8, 4) is 0 Å². The molecule has 2 N–H and O–H groups in total. The molecular weight excluding hydrogens is 312 g/mol. The van der Waals surface area contributed by atoms with Crippen molar-refractivity contribution in [2.45, 2.75) is 6.54 Å².